The second-order valence-corrected chi connectivity index (χ2v) is 5.65. The van der Waals surface area contributed by atoms with Crippen LogP contribution in [0.4, 0.5) is 0 Å². The Labute approximate surface area is 115 Å². The van der Waals surface area contributed by atoms with Crippen LogP contribution in [0.25, 0.3) is 0 Å². The first-order valence-electron chi connectivity index (χ1n) is 7.57. The van der Waals surface area contributed by atoms with Crippen LogP contribution in [-0.4, -0.2) is 37.2 Å². The van der Waals surface area contributed by atoms with Gasteiger partial charge in [0.05, 0.1) is 6.04 Å². The van der Waals surface area contributed by atoms with Crippen molar-refractivity contribution in [2.45, 2.75) is 38.3 Å². The van der Waals surface area contributed by atoms with Gasteiger partial charge < -0.3 is 10.1 Å². The Kier molecular flexibility index (Phi) is 4.04. The van der Waals surface area contributed by atoms with E-state index in [0.717, 1.165) is 25.4 Å². The molecular weight excluding hydrogens is 236 g/mol. The van der Waals surface area contributed by atoms with Gasteiger partial charge in [0.15, 0.2) is 0 Å². The summed E-state index contributed by atoms with van der Waals surface area (Å²) in [7, 11) is 0. The molecule has 3 nitrogen and oxygen atoms in total. The highest BCUT2D eigenvalue weighted by molar-refractivity contribution is 5.39. The molecule has 19 heavy (non-hydrogen) atoms. The number of fused-ring (bicyclic) bond motifs is 1. The van der Waals surface area contributed by atoms with Crippen molar-refractivity contribution in [1.82, 2.24) is 10.2 Å². The second-order valence-electron chi connectivity index (χ2n) is 5.65. The minimum absolute atomic E-state index is 0.461. The molecule has 0 saturated carbocycles. The number of nitrogens with zero attached hydrogens (tertiary/aromatic N) is 1. The normalized spacial score (nSPS) is 27.0. The fraction of sp³-hybridized carbons (Fsp3) is 0.625. The highest BCUT2D eigenvalue weighted by Gasteiger charge is 2.32. The molecule has 1 aromatic rings. The molecule has 3 heteroatoms. The Bertz CT molecular complexity index is 421. The van der Waals surface area contributed by atoms with Crippen molar-refractivity contribution in [2.24, 2.45) is 0 Å². The van der Waals surface area contributed by atoms with Gasteiger partial charge in [-0.15, -0.1) is 0 Å². The number of para-hydroxylation sites is 1. The van der Waals surface area contributed by atoms with Crippen LogP contribution in [0.2, 0.25) is 0 Å². The maximum Gasteiger partial charge on any atom is 0.124 e. The van der Waals surface area contributed by atoms with Crippen LogP contribution >= 0.6 is 0 Å². The summed E-state index contributed by atoms with van der Waals surface area (Å²) in [5.41, 5.74) is 1.37. The first-order chi connectivity index (χ1) is 9.38. The Morgan fingerprint density at radius 1 is 1.37 bits per heavy atom. The van der Waals surface area contributed by atoms with Gasteiger partial charge in [0.1, 0.15) is 12.4 Å². The van der Waals surface area contributed by atoms with Gasteiger partial charge >= 0.3 is 0 Å². The van der Waals surface area contributed by atoms with Crippen LogP contribution in [0.3, 0.4) is 0 Å². The maximum absolute atomic E-state index is 5.82. The van der Waals surface area contributed by atoms with Crippen LogP contribution < -0.4 is 10.1 Å². The lowest BCUT2D eigenvalue weighted by molar-refractivity contribution is 0.117. The van der Waals surface area contributed by atoms with Crippen molar-refractivity contribution in [2.75, 3.05) is 26.2 Å². The molecule has 2 aliphatic rings. The number of nitrogens with one attached hydrogen (secondary N) is 1. The fourth-order valence-electron chi connectivity index (χ4n) is 3.25. The van der Waals surface area contributed by atoms with Crippen molar-refractivity contribution in [3.05, 3.63) is 29.8 Å². The van der Waals surface area contributed by atoms with Crippen molar-refractivity contribution in [3.8, 4) is 5.75 Å². The van der Waals surface area contributed by atoms with Crippen LogP contribution in [0.1, 0.15) is 37.8 Å². The summed E-state index contributed by atoms with van der Waals surface area (Å²) in [6.07, 6.45) is 3.82. The Balaban J connectivity index is 1.66. The van der Waals surface area contributed by atoms with E-state index in [-0.39, 0.29) is 0 Å². The van der Waals surface area contributed by atoms with Gasteiger partial charge in [-0.25, -0.2) is 0 Å². The Hall–Kier alpha value is -1.06. The molecule has 3 rings (SSSR count). The number of ether oxygens (including phenoxy) is 1. The Morgan fingerprint density at radius 3 is 3.16 bits per heavy atom. The summed E-state index contributed by atoms with van der Waals surface area (Å²) in [5, 5.41) is 3.67. The molecule has 104 valence electrons. The molecule has 0 radical (unpaired) electrons. The number of hydrogen-bond donors (Lipinski definition) is 1. The molecule has 0 aromatic heterocycles. The van der Waals surface area contributed by atoms with Gasteiger partial charge in [-0.05, 0) is 38.4 Å². The highest BCUT2D eigenvalue weighted by Crippen LogP contribution is 2.36. The molecule has 2 heterocycles. The summed E-state index contributed by atoms with van der Waals surface area (Å²) in [6, 6.07) is 9.60. The zero-order valence-electron chi connectivity index (χ0n) is 11.8. The van der Waals surface area contributed by atoms with E-state index in [2.05, 4.69) is 41.4 Å². The quantitative estimate of drug-likeness (QED) is 0.900. The summed E-state index contributed by atoms with van der Waals surface area (Å²) in [5.74, 6) is 1.08. The lowest BCUT2D eigenvalue weighted by Gasteiger charge is -2.36. The van der Waals surface area contributed by atoms with Gasteiger partial charge in [-0.2, -0.15) is 0 Å². The SMILES string of the molecule is CCCNC1CCCN(C2COc3ccccc32)C1. The lowest BCUT2D eigenvalue weighted by Crippen LogP contribution is -2.47. The lowest BCUT2D eigenvalue weighted by atomic mass is 10.0. The molecule has 0 aliphatic carbocycles. The zero-order chi connectivity index (χ0) is 13.1. The number of likely N-dealkylation sites (tertiary alicyclic amines) is 1. The van der Waals surface area contributed by atoms with Gasteiger partial charge in [0, 0.05) is 18.2 Å². The van der Waals surface area contributed by atoms with E-state index in [1.54, 1.807) is 0 Å². The predicted octanol–water partition coefficient (Wildman–Crippen LogP) is 2.58. The van der Waals surface area contributed by atoms with Crippen molar-refractivity contribution in [3.63, 3.8) is 0 Å². The summed E-state index contributed by atoms with van der Waals surface area (Å²) >= 11 is 0. The average molecular weight is 260 g/mol. The minimum Gasteiger partial charge on any atom is -0.491 e. The third-order valence-electron chi connectivity index (χ3n) is 4.25. The van der Waals surface area contributed by atoms with Crippen LogP contribution in [0.5, 0.6) is 5.75 Å². The third-order valence-corrected chi connectivity index (χ3v) is 4.25. The summed E-state index contributed by atoms with van der Waals surface area (Å²) in [6.45, 7) is 6.54. The third kappa shape index (κ3) is 2.77. The molecule has 1 N–H and O–H groups in total. The number of rotatable bonds is 4. The van der Waals surface area contributed by atoms with E-state index in [1.165, 1.54) is 31.4 Å². The van der Waals surface area contributed by atoms with E-state index in [9.17, 15) is 0 Å². The zero-order valence-corrected chi connectivity index (χ0v) is 11.8. The maximum atomic E-state index is 5.82. The minimum atomic E-state index is 0.461. The van der Waals surface area contributed by atoms with Crippen molar-refractivity contribution < 1.29 is 4.74 Å². The molecule has 1 aromatic carbocycles. The molecule has 0 amide bonds. The van der Waals surface area contributed by atoms with Crippen molar-refractivity contribution >= 4 is 0 Å². The monoisotopic (exact) mass is 260 g/mol. The van der Waals surface area contributed by atoms with E-state index in [4.69, 9.17) is 4.74 Å². The fourth-order valence-corrected chi connectivity index (χ4v) is 3.25. The molecule has 2 unspecified atom stereocenters. The molecule has 2 aliphatic heterocycles. The average Bonchev–Trinajstić information content (AvgIpc) is 2.89. The van der Waals surface area contributed by atoms with Crippen LogP contribution in [-0.2, 0) is 0 Å². The molecule has 0 spiro atoms. The van der Waals surface area contributed by atoms with Gasteiger partial charge in [-0.3, -0.25) is 4.90 Å². The molecule has 2 atom stereocenters. The molecular formula is C16H24N2O. The molecule has 1 fully saturated rings. The first kappa shape index (κ1) is 12.9. The van der Waals surface area contributed by atoms with Crippen molar-refractivity contribution in [1.29, 1.82) is 0 Å². The summed E-state index contributed by atoms with van der Waals surface area (Å²) < 4.78 is 5.82. The molecule has 1 saturated heterocycles. The smallest absolute Gasteiger partial charge is 0.124 e. The highest BCUT2D eigenvalue weighted by atomic mass is 16.5. The number of hydrogen-bond acceptors (Lipinski definition) is 3. The topological polar surface area (TPSA) is 24.5 Å². The van der Waals surface area contributed by atoms with E-state index in [0.29, 0.717) is 12.1 Å². The predicted molar refractivity (Wildman–Crippen MR) is 77.6 cm³/mol. The summed E-state index contributed by atoms with van der Waals surface area (Å²) in [4.78, 5) is 2.60. The molecule has 0 bridgehead atoms. The van der Waals surface area contributed by atoms with Gasteiger partial charge in [0.2, 0.25) is 0 Å². The van der Waals surface area contributed by atoms with Crippen LogP contribution in [0, 0.1) is 0 Å². The second kappa shape index (κ2) is 5.93. The Morgan fingerprint density at radius 2 is 2.26 bits per heavy atom. The van der Waals surface area contributed by atoms with Gasteiger partial charge in [-0.1, -0.05) is 25.1 Å². The van der Waals surface area contributed by atoms with E-state index >= 15 is 0 Å². The van der Waals surface area contributed by atoms with E-state index in [1.807, 2.05) is 0 Å². The first-order valence-corrected chi connectivity index (χ1v) is 7.57. The number of piperidine rings is 1. The largest absolute Gasteiger partial charge is 0.491 e. The van der Waals surface area contributed by atoms with Gasteiger partial charge in [0.25, 0.3) is 0 Å². The van der Waals surface area contributed by atoms with E-state index < -0.39 is 0 Å². The standard InChI is InChI=1S/C16H24N2O/c1-2-9-17-13-6-5-10-18(11-13)15-12-19-16-8-4-3-7-14(15)16/h3-4,7-8,13,15,17H,2,5-6,9-12H2,1H3. The number of benzene rings is 1. The van der Waals surface area contributed by atoms with Crippen LogP contribution in [0.15, 0.2) is 24.3 Å².